The summed E-state index contributed by atoms with van der Waals surface area (Å²) in [6.07, 6.45) is 4.74. The highest BCUT2D eigenvalue weighted by Gasteiger charge is 2.39. The predicted molar refractivity (Wildman–Crippen MR) is 126 cm³/mol. The number of carbonyl (C=O) groups is 1. The molecule has 33 heavy (non-hydrogen) atoms. The quantitative estimate of drug-likeness (QED) is 0.418. The minimum Gasteiger partial charge on any atom is -0.480 e. The van der Waals surface area contributed by atoms with Gasteiger partial charge in [-0.3, -0.25) is 4.79 Å². The number of nitrogens with zero attached hydrogens (tertiary/aromatic N) is 2. The summed E-state index contributed by atoms with van der Waals surface area (Å²) < 4.78 is 15.1. The van der Waals surface area contributed by atoms with Gasteiger partial charge in [-0.15, -0.1) is 0 Å². The normalized spacial score (nSPS) is 20.9. The minimum absolute atomic E-state index is 0.0190. The van der Waals surface area contributed by atoms with Crippen molar-refractivity contribution in [3.8, 4) is 10.6 Å². The van der Waals surface area contributed by atoms with Crippen molar-refractivity contribution in [3.63, 3.8) is 0 Å². The second-order valence-corrected chi connectivity index (χ2v) is 9.56. The Morgan fingerprint density at radius 1 is 1.09 bits per heavy atom. The molecule has 6 rings (SSSR count). The van der Waals surface area contributed by atoms with Crippen LogP contribution in [-0.4, -0.2) is 33.6 Å². The van der Waals surface area contributed by atoms with E-state index in [2.05, 4.69) is 34.6 Å². The molecule has 5 nitrogen and oxygen atoms in total. The first-order valence-corrected chi connectivity index (χ1v) is 11.7. The van der Waals surface area contributed by atoms with Crippen LogP contribution in [0.2, 0.25) is 0 Å². The predicted octanol–water partition coefficient (Wildman–Crippen LogP) is 4.88. The lowest BCUT2D eigenvalue weighted by molar-refractivity contribution is -0.139. The van der Waals surface area contributed by atoms with E-state index >= 15 is 4.39 Å². The number of aromatic nitrogens is 2. The van der Waals surface area contributed by atoms with Crippen molar-refractivity contribution in [2.45, 2.75) is 23.8 Å². The van der Waals surface area contributed by atoms with E-state index in [0.29, 0.717) is 23.5 Å². The lowest BCUT2D eigenvalue weighted by atomic mass is 9.89. The van der Waals surface area contributed by atoms with Crippen LogP contribution in [-0.2, 0) is 10.2 Å². The molecule has 2 unspecified atom stereocenters. The number of pyridine rings is 1. The standard InChI is InChI=1S/C26H20FN3O2S/c27-19-12-15(16-13-21(25(31)32)28-14-16)6-7-18(19)23-29-20-8-9-22(30-24(20)33-23)26(10-11-26)17-4-2-1-3-5-17/h1-12,16,21,28H,13-14H2,(H,31,32). The molecule has 0 bridgehead atoms. The van der Waals surface area contributed by atoms with Crippen molar-refractivity contribution >= 4 is 27.7 Å². The van der Waals surface area contributed by atoms with Crippen LogP contribution in [0.3, 0.4) is 0 Å². The Morgan fingerprint density at radius 3 is 2.61 bits per heavy atom. The van der Waals surface area contributed by atoms with Crippen LogP contribution in [0.1, 0.15) is 29.2 Å². The molecule has 164 valence electrons. The number of thiazole rings is 1. The molecule has 4 aromatic rings. The minimum atomic E-state index is -0.869. The highest BCUT2D eigenvalue weighted by Crippen LogP contribution is 2.45. The van der Waals surface area contributed by atoms with Crippen LogP contribution in [0.4, 0.5) is 4.39 Å². The number of halogens is 1. The van der Waals surface area contributed by atoms with Crippen LogP contribution in [0.5, 0.6) is 0 Å². The summed E-state index contributed by atoms with van der Waals surface area (Å²) in [6, 6.07) is 18.7. The van der Waals surface area contributed by atoms with E-state index in [0.717, 1.165) is 21.6 Å². The number of carboxylic acid groups (broad SMARTS) is 1. The first-order valence-electron chi connectivity index (χ1n) is 10.8. The molecule has 2 aliphatic rings. The largest absolute Gasteiger partial charge is 0.480 e. The van der Waals surface area contributed by atoms with Gasteiger partial charge in [-0.1, -0.05) is 59.9 Å². The molecule has 2 aromatic heterocycles. The van der Waals surface area contributed by atoms with Gasteiger partial charge in [-0.05, 0) is 47.7 Å². The zero-order valence-corrected chi connectivity index (χ0v) is 18.3. The molecule has 3 heterocycles. The summed E-state index contributed by atoms with van der Waals surface area (Å²) in [5.74, 6) is -1.24. The molecule has 1 aliphatic carbocycles. The number of aliphatic carboxylic acids is 1. The van der Waals surface area contributed by atoms with Crippen molar-refractivity contribution < 1.29 is 14.3 Å². The molecule has 0 spiro atoms. The number of rotatable bonds is 5. The lowest BCUT2D eigenvalue weighted by Crippen LogP contribution is -2.29. The number of hydrogen-bond donors (Lipinski definition) is 2. The molecule has 1 saturated heterocycles. The molecule has 2 atom stereocenters. The molecule has 0 saturated carbocycles. The number of fused-ring (bicyclic) bond motifs is 1. The third-order valence-electron chi connectivity index (χ3n) is 6.55. The highest BCUT2D eigenvalue weighted by atomic mass is 32.1. The summed E-state index contributed by atoms with van der Waals surface area (Å²) in [4.78, 5) is 21.5. The van der Waals surface area contributed by atoms with E-state index in [-0.39, 0.29) is 17.2 Å². The van der Waals surface area contributed by atoms with Crippen LogP contribution in [0, 0.1) is 5.82 Å². The maximum absolute atomic E-state index is 15.1. The molecular weight excluding hydrogens is 437 g/mol. The van der Waals surface area contributed by atoms with Gasteiger partial charge in [0.05, 0.1) is 11.1 Å². The fourth-order valence-corrected chi connectivity index (χ4v) is 5.57. The Kier molecular flexibility index (Phi) is 4.64. The number of carboxylic acids is 1. The number of hydrogen-bond acceptors (Lipinski definition) is 5. The molecule has 2 N–H and O–H groups in total. The summed E-state index contributed by atoms with van der Waals surface area (Å²) in [7, 11) is 0. The van der Waals surface area contributed by atoms with E-state index in [1.165, 1.54) is 23.0 Å². The number of allylic oxidation sites excluding steroid dienone is 2. The summed E-state index contributed by atoms with van der Waals surface area (Å²) in [6.45, 7) is 0.529. The van der Waals surface area contributed by atoms with Crippen LogP contribution in [0.15, 0.2) is 72.8 Å². The average Bonchev–Trinajstić information content (AvgIpc) is 3.28. The molecule has 1 fully saturated rings. The van der Waals surface area contributed by atoms with Crippen molar-refractivity contribution in [1.82, 2.24) is 15.3 Å². The molecule has 0 amide bonds. The van der Waals surface area contributed by atoms with Crippen LogP contribution < -0.4 is 5.32 Å². The Morgan fingerprint density at radius 2 is 1.91 bits per heavy atom. The van der Waals surface area contributed by atoms with Crippen LogP contribution >= 0.6 is 11.3 Å². The summed E-state index contributed by atoms with van der Waals surface area (Å²) in [5, 5.41) is 12.7. The average molecular weight is 458 g/mol. The van der Waals surface area contributed by atoms with Crippen molar-refractivity contribution in [2.24, 2.45) is 0 Å². The molecule has 1 aliphatic heterocycles. The zero-order chi connectivity index (χ0) is 22.6. The number of nitrogens with one attached hydrogen (secondary N) is 1. The first kappa shape index (κ1) is 20.2. The second-order valence-electron chi connectivity index (χ2n) is 8.58. The van der Waals surface area contributed by atoms with Crippen molar-refractivity contribution in [1.29, 1.82) is 0 Å². The van der Waals surface area contributed by atoms with E-state index in [4.69, 9.17) is 4.98 Å². The van der Waals surface area contributed by atoms with Gasteiger partial charge in [0.25, 0.3) is 0 Å². The van der Waals surface area contributed by atoms with Crippen molar-refractivity contribution in [3.05, 3.63) is 95.5 Å². The van der Waals surface area contributed by atoms with E-state index in [1.807, 2.05) is 36.4 Å². The molecular formula is C26H20FN3O2S. The van der Waals surface area contributed by atoms with Crippen LogP contribution in [0.25, 0.3) is 20.9 Å². The number of benzene rings is 2. The first-order chi connectivity index (χ1) is 16.0. The zero-order valence-electron chi connectivity index (χ0n) is 17.5. The third-order valence-corrected chi connectivity index (χ3v) is 7.55. The van der Waals surface area contributed by atoms with E-state index in [1.54, 1.807) is 6.07 Å². The van der Waals surface area contributed by atoms with Gasteiger partial charge in [0.2, 0.25) is 0 Å². The Labute approximate surface area is 193 Å². The monoisotopic (exact) mass is 457 g/mol. The summed E-state index contributed by atoms with van der Waals surface area (Å²) in [5.41, 5.74) is 3.83. The second kappa shape index (κ2) is 7.57. The summed E-state index contributed by atoms with van der Waals surface area (Å²) >= 11 is 1.38. The van der Waals surface area contributed by atoms with E-state index < -0.39 is 12.0 Å². The van der Waals surface area contributed by atoms with Gasteiger partial charge >= 0.3 is 5.97 Å². The maximum atomic E-state index is 15.1. The van der Waals surface area contributed by atoms with Gasteiger partial charge in [0.1, 0.15) is 27.2 Å². The lowest BCUT2D eigenvalue weighted by Gasteiger charge is -2.15. The van der Waals surface area contributed by atoms with E-state index in [9.17, 15) is 9.90 Å². The van der Waals surface area contributed by atoms with Gasteiger partial charge < -0.3 is 10.4 Å². The fourth-order valence-electron chi connectivity index (χ4n) is 4.61. The topological polar surface area (TPSA) is 75.1 Å². The molecule has 2 aromatic carbocycles. The van der Waals surface area contributed by atoms with Crippen molar-refractivity contribution in [2.75, 3.05) is 6.54 Å². The highest BCUT2D eigenvalue weighted by molar-refractivity contribution is 7.21. The molecule has 7 heteroatoms. The smallest absolute Gasteiger partial charge is 0.320 e. The Hall–Kier alpha value is -3.42. The third kappa shape index (κ3) is 3.44. The molecule has 0 radical (unpaired) electrons. The van der Waals surface area contributed by atoms with Gasteiger partial charge in [0.15, 0.2) is 0 Å². The SMILES string of the molecule is O=C(O)C1CC(c2ccc(-c3nc4ccc(C5(c6ccccc6)C=C5)nc4s3)c(F)c2)CN1. The fraction of sp³-hybridized carbons (Fsp3) is 0.192. The van der Waals surface area contributed by atoms with Gasteiger partial charge in [-0.25, -0.2) is 14.4 Å². The Bertz CT molecular complexity index is 1410. The Balaban J connectivity index is 1.30. The maximum Gasteiger partial charge on any atom is 0.320 e. The van der Waals surface area contributed by atoms with Gasteiger partial charge in [0, 0.05) is 12.1 Å². The van der Waals surface area contributed by atoms with Gasteiger partial charge in [-0.2, -0.15) is 0 Å².